The fourth-order valence-electron chi connectivity index (χ4n) is 4.47. The van der Waals surface area contributed by atoms with E-state index in [0.717, 1.165) is 30.5 Å². The molecule has 0 spiro atoms. The third-order valence-electron chi connectivity index (χ3n) is 5.04. The van der Waals surface area contributed by atoms with Crippen molar-refractivity contribution in [3.05, 3.63) is 29.3 Å². The van der Waals surface area contributed by atoms with Gasteiger partial charge in [-0.05, 0) is 56.1 Å². The maximum atomic E-state index is 12.3. The van der Waals surface area contributed by atoms with Crippen LogP contribution in [0.5, 0.6) is 0 Å². The average Bonchev–Trinajstić information content (AvgIpc) is 2.46. The van der Waals surface area contributed by atoms with Gasteiger partial charge in [-0.25, -0.2) is 0 Å². The Bertz CT molecular complexity index is 597. The number of amides is 1. The van der Waals surface area contributed by atoms with Crippen molar-refractivity contribution in [1.29, 1.82) is 0 Å². The number of nitrogens with one attached hydrogen (secondary N) is 2. The van der Waals surface area contributed by atoms with Crippen molar-refractivity contribution in [2.45, 2.75) is 59.4 Å². The van der Waals surface area contributed by atoms with Crippen molar-refractivity contribution >= 4 is 11.6 Å². The topological polar surface area (TPSA) is 61.4 Å². The number of hydrogen-bond acceptors (Lipinski definition) is 3. The highest BCUT2D eigenvalue weighted by molar-refractivity contribution is 5.93. The number of aliphatic hydroxyl groups excluding tert-OH is 1. The summed E-state index contributed by atoms with van der Waals surface area (Å²) in [7, 11) is 0. The molecular weight excluding hydrogens is 300 g/mol. The lowest BCUT2D eigenvalue weighted by Gasteiger charge is -2.47. The molecule has 0 bridgehead atoms. The lowest BCUT2D eigenvalue weighted by atomic mass is 9.64. The van der Waals surface area contributed by atoms with Crippen LogP contribution in [0.3, 0.4) is 0 Å². The van der Waals surface area contributed by atoms with Gasteiger partial charge in [-0.3, -0.25) is 4.79 Å². The van der Waals surface area contributed by atoms with Crippen LogP contribution < -0.4 is 10.6 Å². The number of carbonyl (C=O) groups is 1. The zero-order valence-electron chi connectivity index (χ0n) is 15.7. The van der Waals surface area contributed by atoms with Gasteiger partial charge in [-0.2, -0.15) is 0 Å². The van der Waals surface area contributed by atoms with Gasteiger partial charge in [0.15, 0.2) is 0 Å². The van der Waals surface area contributed by atoms with Gasteiger partial charge in [-0.15, -0.1) is 0 Å². The molecule has 0 saturated heterocycles. The molecule has 1 saturated carbocycles. The fourth-order valence-corrected chi connectivity index (χ4v) is 4.47. The van der Waals surface area contributed by atoms with E-state index in [0.29, 0.717) is 5.92 Å². The van der Waals surface area contributed by atoms with Gasteiger partial charge in [0.25, 0.3) is 0 Å². The molecule has 1 amide bonds. The summed E-state index contributed by atoms with van der Waals surface area (Å²) < 4.78 is 0. The summed E-state index contributed by atoms with van der Waals surface area (Å²) in [5, 5.41) is 16.3. The summed E-state index contributed by atoms with van der Waals surface area (Å²) in [6.45, 7) is 11.0. The van der Waals surface area contributed by atoms with Crippen LogP contribution in [-0.2, 0) is 4.79 Å². The minimum absolute atomic E-state index is 0.0641. The van der Waals surface area contributed by atoms with Crippen LogP contribution in [0.15, 0.2) is 18.2 Å². The molecule has 2 atom stereocenters. The number of anilines is 1. The van der Waals surface area contributed by atoms with Crippen molar-refractivity contribution in [2.75, 3.05) is 18.5 Å². The maximum Gasteiger partial charge on any atom is 0.238 e. The minimum atomic E-state index is -0.360. The summed E-state index contributed by atoms with van der Waals surface area (Å²) in [4.78, 5) is 12.3. The second-order valence-corrected chi connectivity index (χ2v) is 8.51. The third-order valence-corrected chi connectivity index (χ3v) is 5.04. The lowest BCUT2D eigenvalue weighted by Crippen LogP contribution is -2.56. The standard InChI is InChI=1S/C20H32N2O2/c1-14-6-7-17(16(3)8-14)22-18(24)11-21-20(13-23)10-15(2)9-19(4,5)12-20/h6-8,15,21,23H,9-13H2,1-5H3,(H,22,24)/t15-,20-/m1/s1. The molecule has 1 aromatic rings. The van der Waals surface area contributed by atoms with Crippen LogP contribution in [0, 0.1) is 25.2 Å². The van der Waals surface area contributed by atoms with Gasteiger partial charge in [0.2, 0.25) is 5.91 Å². The quantitative estimate of drug-likeness (QED) is 0.774. The molecule has 1 aliphatic carbocycles. The number of hydrogen-bond donors (Lipinski definition) is 3. The second kappa shape index (κ2) is 7.24. The van der Waals surface area contributed by atoms with Crippen molar-refractivity contribution in [2.24, 2.45) is 11.3 Å². The zero-order valence-corrected chi connectivity index (χ0v) is 15.7. The highest BCUT2D eigenvalue weighted by Gasteiger charge is 2.42. The van der Waals surface area contributed by atoms with Crippen molar-refractivity contribution in [3.63, 3.8) is 0 Å². The van der Waals surface area contributed by atoms with Crippen LogP contribution >= 0.6 is 0 Å². The SMILES string of the molecule is Cc1ccc(NC(=O)CN[C@]2(CO)C[C@H](C)CC(C)(C)C2)c(C)c1. The van der Waals surface area contributed by atoms with Gasteiger partial charge >= 0.3 is 0 Å². The third kappa shape index (κ3) is 4.81. The van der Waals surface area contributed by atoms with Crippen molar-refractivity contribution in [3.8, 4) is 0 Å². The molecule has 0 aromatic heterocycles. The second-order valence-electron chi connectivity index (χ2n) is 8.51. The van der Waals surface area contributed by atoms with E-state index in [9.17, 15) is 9.90 Å². The first-order chi connectivity index (χ1) is 11.1. The Balaban J connectivity index is 1.98. The van der Waals surface area contributed by atoms with Crippen LogP contribution in [-0.4, -0.2) is 29.7 Å². The molecule has 4 heteroatoms. The van der Waals surface area contributed by atoms with E-state index in [-0.39, 0.29) is 30.0 Å². The van der Waals surface area contributed by atoms with Crippen LogP contribution in [0.4, 0.5) is 5.69 Å². The first-order valence-corrected chi connectivity index (χ1v) is 8.88. The van der Waals surface area contributed by atoms with Gasteiger partial charge in [0, 0.05) is 11.2 Å². The first-order valence-electron chi connectivity index (χ1n) is 8.88. The molecule has 2 rings (SSSR count). The smallest absolute Gasteiger partial charge is 0.238 e. The Labute approximate surface area is 146 Å². The zero-order chi connectivity index (χ0) is 18.0. The monoisotopic (exact) mass is 332 g/mol. The Morgan fingerprint density at radius 2 is 2.00 bits per heavy atom. The number of benzene rings is 1. The summed E-state index contributed by atoms with van der Waals surface area (Å²) in [6, 6.07) is 6.00. The van der Waals surface area contributed by atoms with Gasteiger partial charge in [0.05, 0.1) is 13.2 Å². The van der Waals surface area contributed by atoms with E-state index in [1.165, 1.54) is 5.56 Å². The highest BCUT2D eigenvalue weighted by Crippen LogP contribution is 2.43. The maximum absolute atomic E-state index is 12.3. The lowest BCUT2D eigenvalue weighted by molar-refractivity contribution is -0.116. The molecule has 4 nitrogen and oxygen atoms in total. The molecule has 1 fully saturated rings. The largest absolute Gasteiger partial charge is 0.394 e. The molecule has 3 N–H and O–H groups in total. The molecule has 24 heavy (non-hydrogen) atoms. The number of aryl methyl sites for hydroxylation is 2. The van der Waals surface area contributed by atoms with E-state index in [4.69, 9.17) is 0 Å². The van der Waals surface area contributed by atoms with Crippen LogP contribution in [0.25, 0.3) is 0 Å². The summed E-state index contributed by atoms with van der Waals surface area (Å²) in [6.07, 6.45) is 2.95. The van der Waals surface area contributed by atoms with E-state index >= 15 is 0 Å². The molecular formula is C20H32N2O2. The Morgan fingerprint density at radius 1 is 1.29 bits per heavy atom. The van der Waals surface area contributed by atoms with E-state index < -0.39 is 0 Å². The number of aliphatic hydroxyl groups is 1. The fraction of sp³-hybridized carbons (Fsp3) is 0.650. The summed E-state index contributed by atoms with van der Waals surface area (Å²) >= 11 is 0. The average molecular weight is 332 g/mol. The normalized spacial score (nSPS) is 26.2. The molecule has 0 unspecified atom stereocenters. The van der Waals surface area contributed by atoms with E-state index in [1.54, 1.807) is 0 Å². The van der Waals surface area contributed by atoms with Gasteiger partial charge in [-0.1, -0.05) is 38.5 Å². The molecule has 1 aromatic carbocycles. The highest BCUT2D eigenvalue weighted by atomic mass is 16.3. The molecule has 0 radical (unpaired) electrons. The Morgan fingerprint density at radius 3 is 2.58 bits per heavy atom. The van der Waals surface area contributed by atoms with E-state index in [2.05, 4.69) is 37.5 Å². The van der Waals surface area contributed by atoms with Gasteiger partial charge < -0.3 is 15.7 Å². The number of carbonyl (C=O) groups excluding carboxylic acids is 1. The molecule has 1 aliphatic rings. The minimum Gasteiger partial charge on any atom is -0.394 e. The molecule has 0 aliphatic heterocycles. The van der Waals surface area contributed by atoms with Crippen LogP contribution in [0.1, 0.15) is 51.2 Å². The van der Waals surface area contributed by atoms with Crippen LogP contribution in [0.2, 0.25) is 0 Å². The summed E-state index contributed by atoms with van der Waals surface area (Å²) in [5.41, 5.74) is 2.91. The van der Waals surface area contributed by atoms with Gasteiger partial charge in [0.1, 0.15) is 0 Å². The molecule has 134 valence electrons. The summed E-state index contributed by atoms with van der Waals surface area (Å²) in [5.74, 6) is 0.474. The predicted octanol–water partition coefficient (Wildman–Crippen LogP) is 3.41. The Kier molecular flexibility index (Phi) is 5.71. The predicted molar refractivity (Wildman–Crippen MR) is 99.2 cm³/mol. The Hall–Kier alpha value is -1.39. The van der Waals surface area contributed by atoms with E-state index in [1.807, 2.05) is 26.0 Å². The molecule has 0 heterocycles. The van der Waals surface area contributed by atoms with Crippen molar-refractivity contribution < 1.29 is 9.90 Å². The van der Waals surface area contributed by atoms with Crippen molar-refractivity contribution in [1.82, 2.24) is 5.32 Å². The number of rotatable bonds is 5. The first kappa shape index (κ1) is 18.9.